The standard InChI is InChI=1S/C26H23N5O3/c27-14-18-12-19(29-9-2-10-32)5-6-20(18)21-7-8-23(30-15-33)25-22(21)13-24(31-25)16-3-1-4-17(11-16)26(28)34/h1-13,15,29,31H,14,27H2,(H2,28,34)(H,30,33). The van der Waals surface area contributed by atoms with Gasteiger partial charge in [-0.1, -0.05) is 24.3 Å². The fourth-order valence-electron chi connectivity index (χ4n) is 3.93. The first-order valence-corrected chi connectivity index (χ1v) is 10.5. The second-order valence-electron chi connectivity index (χ2n) is 7.56. The molecular weight excluding hydrogens is 430 g/mol. The smallest absolute Gasteiger partial charge is 0.248 e. The van der Waals surface area contributed by atoms with Crippen molar-refractivity contribution in [3.8, 4) is 22.4 Å². The van der Waals surface area contributed by atoms with Crippen LogP contribution in [-0.2, 0) is 16.1 Å². The average molecular weight is 454 g/mol. The highest BCUT2D eigenvalue weighted by molar-refractivity contribution is 6.06. The van der Waals surface area contributed by atoms with E-state index in [4.69, 9.17) is 11.5 Å². The van der Waals surface area contributed by atoms with E-state index in [9.17, 15) is 14.4 Å². The van der Waals surface area contributed by atoms with Crippen LogP contribution in [0.2, 0.25) is 0 Å². The van der Waals surface area contributed by atoms with Crippen molar-refractivity contribution in [1.82, 2.24) is 4.98 Å². The Morgan fingerprint density at radius 1 is 0.971 bits per heavy atom. The number of carbonyl (C=O) groups is 3. The molecule has 4 rings (SSSR count). The third-order valence-electron chi connectivity index (χ3n) is 5.51. The Morgan fingerprint density at radius 2 is 1.79 bits per heavy atom. The molecule has 0 aliphatic heterocycles. The van der Waals surface area contributed by atoms with Crippen LogP contribution in [-0.4, -0.2) is 23.6 Å². The molecule has 0 radical (unpaired) electrons. The molecule has 0 bridgehead atoms. The number of H-pyrrole nitrogens is 1. The van der Waals surface area contributed by atoms with Gasteiger partial charge >= 0.3 is 0 Å². The number of fused-ring (bicyclic) bond motifs is 1. The van der Waals surface area contributed by atoms with Crippen LogP contribution in [0.5, 0.6) is 0 Å². The van der Waals surface area contributed by atoms with Crippen molar-refractivity contribution >= 4 is 40.9 Å². The van der Waals surface area contributed by atoms with Gasteiger partial charge in [-0.25, -0.2) is 0 Å². The maximum Gasteiger partial charge on any atom is 0.248 e. The molecule has 8 nitrogen and oxygen atoms in total. The molecule has 34 heavy (non-hydrogen) atoms. The number of rotatable bonds is 9. The van der Waals surface area contributed by atoms with Crippen LogP contribution in [0.3, 0.4) is 0 Å². The van der Waals surface area contributed by atoms with E-state index in [-0.39, 0.29) is 0 Å². The van der Waals surface area contributed by atoms with Crippen molar-refractivity contribution in [2.24, 2.45) is 11.5 Å². The summed E-state index contributed by atoms with van der Waals surface area (Å²) in [7, 11) is 0. The van der Waals surface area contributed by atoms with Crippen LogP contribution in [0.25, 0.3) is 33.3 Å². The average Bonchev–Trinajstić information content (AvgIpc) is 3.31. The Bertz CT molecular complexity index is 1420. The maximum absolute atomic E-state index is 11.6. The Labute approximate surface area is 195 Å². The SMILES string of the molecule is NCc1cc(NC=CC=O)ccc1-c1ccc(NC=O)c2[nH]c(-c3cccc(C(N)=O)c3)cc12. The van der Waals surface area contributed by atoms with E-state index < -0.39 is 5.91 Å². The number of aldehydes is 1. The molecule has 0 spiro atoms. The molecule has 8 heteroatoms. The van der Waals surface area contributed by atoms with Gasteiger partial charge in [-0.3, -0.25) is 14.4 Å². The number of benzene rings is 3. The van der Waals surface area contributed by atoms with E-state index in [2.05, 4.69) is 15.6 Å². The minimum absolute atomic E-state index is 0.302. The van der Waals surface area contributed by atoms with Gasteiger partial charge in [0.2, 0.25) is 12.3 Å². The van der Waals surface area contributed by atoms with Crippen molar-refractivity contribution in [2.45, 2.75) is 6.54 Å². The Hall–Kier alpha value is -4.69. The number of amides is 2. The maximum atomic E-state index is 11.6. The highest BCUT2D eigenvalue weighted by Gasteiger charge is 2.15. The lowest BCUT2D eigenvalue weighted by Gasteiger charge is -2.13. The summed E-state index contributed by atoms with van der Waals surface area (Å²) >= 11 is 0. The zero-order valence-corrected chi connectivity index (χ0v) is 18.2. The summed E-state index contributed by atoms with van der Waals surface area (Å²) in [6.07, 6.45) is 4.24. The number of carbonyl (C=O) groups excluding carboxylic acids is 3. The van der Waals surface area contributed by atoms with E-state index in [0.29, 0.717) is 30.5 Å². The third-order valence-corrected chi connectivity index (χ3v) is 5.51. The van der Waals surface area contributed by atoms with E-state index in [1.54, 1.807) is 24.4 Å². The quantitative estimate of drug-likeness (QED) is 0.194. The minimum Gasteiger partial charge on any atom is -0.366 e. The van der Waals surface area contributed by atoms with Gasteiger partial charge in [-0.2, -0.15) is 0 Å². The van der Waals surface area contributed by atoms with Gasteiger partial charge < -0.3 is 27.1 Å². The van der Waals surface area contributed by atoms with E-state index in [1.165, 1.54) is 6.08 Å². The van der Waals surface area contributed by atoms with Gasteiger partial charge in [-0.15, -0.1) is 0 Å². The number of hydrogen-bond donors (Lipinski definition) is 5. The second-order valence-corrected chi connectivity index (χ2v) is 7.56. The molecule has 4 aromatic rings. The molecule has 3 aromatic carbocycles. The molecule has 1 aromatic heterocycles. The zero-order chi connectivity index (χ0) is 24.1. The summed E-state index contributed by atoms with van der Waals surface area (Å²) in [5.74, 6) is -0.508. The number of nitrogens with two attached hydrogens (primary N) is 2. The van der Waals surface area contributed by atoms with E-state index in [0.717, 1.165) is 44.5 Å². The van der Waals surface area contributed by atoms with Crippen molar-refractivity contribution < 1.29 is 14.4 Å². The second kappa shape index (κ2) is 9.85. The highest BCUT2D eigenvalue weighted by atomic mass is 16.1. The summed E-state index contributed by atoms with van der Waals surface area (Å²) in [6.45, 7) is 0.302. The van der Waals surface area contributed by atoms with Gasteiger partial charge in [0, 0.05) is 35.1 Å². The first-order valence-electron chi connectivity index (χ1n) is 10.5. The van der Waals surface area contributed by atoms with Gasteiger partial charge in [0.25, 0.3) is 0 Å². The summed E-state index contributed by atoms with van der Waals surface area (Å²) in [5.41, 5.74) is 18.4. The molecule has 2 amide bonds. The fourth-order valence-corrected chi connectivity index (χ4v) is 3.93. The molecule has 0 unspecified atom stereocenters. The lowest BCUT2D eigenvalue weighted by Crippen LogP contribution is -2.10. The van der Waals surface area contributed by atoms with Crippen molar-refractivity contribution in [1.29, 1.82) is 0 Å². The molecule has 1 heterocycles. The third kappa shape index (κ3) is 4.43. The van der Waals surface area contributed by atoms with Gasteiger partial charge in [0.1, 0.15) is 6.29 Å². The lowest BCUT2D eigenvalue weighted by molar-refractivity contribution is -0.105. The molecule has 0 saturated heterocycles. The number of aromatic amines is 1. The summed E-state index contributed by atoms with van der Waals surface area (Å²) in [4.78, 5) is 36.7. The number of hydrogen-bond acceptors (Lipinski definition) is 5. The lowest BCUT2D eigenvalue weighted by atomic mass is 9.95. The van der Waals surface area contributed by atoms with Gasteiger partial charge in [0.05, 0.1) is 11.2 Å². The number of primary amides is 1. The molecule has 0 aliphatic rings. The first kappa shape index (κ1) is 22.5. The van der Waals surface area contributed by atoms with Crippen LogP contribution in [0, 0.1) is 0 Å². The van der Waals surface area contributed by atoms with Crippen LogP contribution in [0.15, 0.2) is 72.9 Å². The van der Waals surface area contributed by atoms with Gasteiger partial charge in [0.15, 0.2) is 0 Å². The number of allylic oxidation sites excluding steroid dienone is 1. The topological polar surface area (TPSA) is 143 Å². The first-order chi connectivity index (χ1) is 16.5. The van der Waals surface area contributed by atoms with Crippen LogP contribution < -0.4 is 22.1 Å². The number of anilines is 2. The minimum atomic E-state index is -0.508. The fraction of sp³-hybridized carbons (Fsp3) is 0.0385. The Morgan fingerprint density at radius 3 is 2.53 bits per heavy atom. The normalized spacial score (nSPS) is 11.0. The predicted molar refractivity (Wildman–Crippen MR) is 134 cm³/mol. The Balaban J connectivity index is 1.87. The largest absolute Gasteiger partial charge is 0.366 e. The van der Waals surface area contributed by atoms with Crippen molar-refractivity contribution in [3.63, 3.8) is 0 Å². The van der Waals surface area contributed by atoms with E-state index >= 15 is 0 Å². The molecule has 0 fully saturated rings. The molecule has 7 N–H and O–H groups in total. The summed E-state index contributed by atoms with van der Waals surface area (Å²) in [6, 6.07) is 18.5. The molecule has 0 aliphatic carbocycles. The number of nitrogens with one attached hydrogen (secondary N) is 3. The molecule has 0 atom stereocenters. The monoisotopic (exact) mass is 453 g/mol. The van der Waals surface area contributed by atoms with Gasteiger partial charge in [-0.05, 0) is 64.7 Å². The Kier molecular flexibility index (Phi) is 6.52. The molecule has 0 saturated carbocycles. The summed E-state index contributed by atoms with van der Waals surface area (Å²) in [5, 5.41) is 6.65. The number of aromatic nitrogens is 1. The van der Waals surface area contributed by atoms with Crippen LogP contribution in [0.4, 0.5) is 11.4 Å². The van der Waals surface area contributed by atoms with Crippen molar-refractivity contribution in [3.05, 3.63) is 84.1 Å². The highest BCUT2D eigenvalue weighted by Crippen LogP contribution is 2.38. The van der Waals surface area contributed by atoms with E-state index in [1.807, 2.05) is 42.5 Å². The van der Waals surface area contributed by atoms with Crippen molar-refractivity contribution in [2.75, 3.05) is 10.6 Å². The van der Waals surface area contributed by atoms with Crippen LogP contribution in [0.1, 0.15) is 15.9 Å². The molecular formula is C26H23N5O3. The van der Waals surface area contributed by atoms with Crippen LogP contribution >= 0.6 is 0 Å². The predicted octanol–water partition coefficient (Wildman–Crippen LogP) is 3.75. The summed E-state index contributed by atoms with van der Waals surface area (Å²) < 4.78 is 0. The zero-order valence-electron chi connectivity index (χ0n) is 18.2. The molecule has 170 valence electrons.